The first-order valence-corrected chi connectivity index (χ1v) is 6.61. The molecule has 0 saturated heterocycles. The number of fused-ring (bicyclic) bond motifs is 1. The highest BCUT2D eigenvalue weighted by atomic mass is 16.6. The highest BCUT2D eigenvalue weighted by molar-refractivity contribution is 5.92. The number of phenols is 1. The number of rotatable bonds is 1. The number of nitrogens with zero attached hydrogens (tertiary/aromatic N) is 1. The van der Waals surface area contributed by atoms with Gasteiger partial charge in [-0.1, -0.05) is 30.3 Å². The number of hydrogen-bond donors (Lipinski definition) is 1. The van der Waals surface area contributed by atoms with Gasteiger partial charge < -0.3 is 9.84 Å². The molecule has 1 aliphatic heterocycles. The zero-order valence-corrected chi connectivity index (χ0v) is 11.0. The van der Waals surface area contributed by atoms with Crippen molar-refractivity contribution in [3.63, 3.8) is 0 Å². The summed E-state index contributed by atoms with van der Waals surface area (Å²) in [6.45, 7) is 0.552. The van der Waals surface area contributed by atoms with E-state index in [2.05, 4.69) is 0 Å². The summed E-state index contributed by atoms with van der Waals surface area (Å²) in [5, 5.41) is 9.99. The number of ether oxygens (including phenoxy) is 1. The van der Waals surface area contributed by atoms with Gasteiger partial charge in [-0.3, -0.25) is 4.90 Å². The van der Waals surface area contributed by atoms with Gasteiger partial charge in [0.25, 0.3) is 0 Å². The maximum Gasteiger partial charge on any atom is 0.419 e. The molecule has 1 N–H and O–H groups in total. The van der Waals surface area contributed by atoms with Gasteiger partial charge in [0.15, 0.2) is 0 Å². The first-order valence-electron chi connectivity index (χ1n) is 6.61. The van der Waals surface area contributed by atoms with Gasteiger partial charge in [-0.15, -0.1) is 0 Å². The molecule has 1 heterocycles. The smallest absolute Gasteiger partial charge is 0.419 e. The summed E-state index contributed by atoms with van der Waals surface area (Å²) in [7, 11) is 0. The molecule has 0 aliphatic carbocycles. The van der Waals surface area contributed by atoms with Crippen LogP contribution in [0, 0.1) is 0 Å². The summed E-state index contributed by atoms with van der Waals surface area (Å²) in [5.74, 6) is 0.618. The predicted molar refractivity (Wildman–Crippen MR) is 76.2 cm³/mol. The van der Waals surface area contributed by atoms with E-state index in [0.29, 0.717) is 18.0 Å². The summed E-state index contributed by atoms with van der Waals surface area (Å²) in [5.41, 5.74) is 1.54. The van der Waals surface area contributed by atoms with Gasteiger partial charge >= 0.3 is 6.09 Å². The number of carbonyl (C=O) groups is 1. The fourth-order valence-electron chi connectivity index (χ4n) is 2.46. The lowest BCUT2D eigenvalue weighted by Crippen LogP contribution is -2.37. The first kappa shape index (κ1) is 12.5. The third-order valence-corrected chi connectivity index (χ3v) is 3.36. The Morgan fingerprint density at radius 1 is 1.10 bits per heavy atom. The van der Waals surface area contributed by atoms with E-state index in [4.69, 9.17) is 4.74 Å². The maximum absolute atomic E-state index is 12.3. The lowest BCUT2D eigenvalue weighted by molar-refractivity contribution is 0.206. The van der Waals surface area contributed by atoms with Crippen LogP contribution in [0.3, 0.4) is 0 Å². The van der Waals surface area contributed by atoms with Crippen molar-refractivity contribution in [2.24, 2.45) is 0 Å². The second kappa shape index (κ2) is 5.25. The number of aromatic hydroxyl groups is 1. The summed E-state index contributed by atoms with van der Waals surface area (Å²) in [6.07, 6.45) is 1.26. The quantitative estimate of drug-likeness (QED) is 0.863. The molecule has 0 unspecified atom stereocenters. The molecular formula is C16H15NO3. The van der Waals surface area contributed by atoms with Crippen molar-refractivity contribution in [1.29, 1.82) is 0 Å². The molecule has 1 amide bonds. The Morgan fingerprint density at radius 2 is 1.90 bits per heavy atom. The SMILES string of the molecule is O=C(Oc1ccccc1)N1CCCc2cccc(O)c21. The Balaban J connectivity index is 1.87. The lowest BCUT2D eigenvalue weighted by Gasteiger charge is -2.29. The number of anilines is 1. The van der Waals surface area contributed by atoms with E-state index in [1.165, 1.54) is 4.90 Å². The van der Waals surface area contributed by atoms with E-state index in [1.807, 2.05) is 24.3 Å². The second-order valence-corrected chi connectivity index (χ2v) is 4.72. The van der Waals surface area contributed by atoms with Crippen LogP contribution in [0.5, 0.6) is 11.5 Å². The Bertz CT molecular complexity index is 625. The maximum atomic E-state index is 12.3. The van der Waals surface area contributed by atoms with Crippen LogP contribution in [0.4, 0.5) is 10.5 Å². The van der Waals surface area contributed by atoms with Crippen molar-refractivity contribution in [3.05, 3.63) is 54.1 Å². The molecule has 0 atom stereocenters. The largest absolute Gasteiger partial charge is 0.506 e. The summed E-state index contributed by atoms with van der Waals surface area (Å²) in [4.78, 5) is 13.8. The van der Waals surface area contributed by atoms with Crippen LogP contribution in [0.25, 0.3) is 0 Å². The summed E-state index contributed by atoms with van der Waals surface area (Å²) in [6, 6.07) is 14.2. The molecule has 20 heavy (non-hydrogen) atoms. The van der Waals surface area contributed by atoms with Crippen LogP contribution in [-0.2, 0) is 6.42 Å². The lowest BCUT2D eigenvalue weighted by atomic mass is 10.0. The number of aryl methyl sites for hydroxylation is 1. The normalized spacial score (nSPS) is 13.7. The fraction of sp³-hybridized carbons (Fsp3) is 0.188. The molecule has 0 fully saturated rings. The monoisotopic (exact) mass is 269 g/mol. The molecule has 0 aromatic heterocycles. The van der Waals surface area contributed by atoms with E-state index >= 15 is 0 Å². The number of phenolic OH excluding ortho intramolecular Hbond substituents is 1. The molecule has 4 nitrogen and oxygen atoms in total. The Kier molecular flexibility index (Phi) is 3.29. The van der Waals surface area contributed by atoms with Gasteiger partial charge in [-0.05, 0) is 36.6 Å². The van der Waals surface area contributed by atoms with Crippen LogP contribution in [0.2, 0.25) is 0 Å². The van der Waals surface area contributed by atoms with Crippen LogP contribution < -0.4 is 9.64 Å². The first-order chi connectivity index (χ1) is 9.75. The molecular weight excluding hydrogens is 254 g/mol. The molecule has 0 spiro atoms. The molecule has 2 aromatic carbocycles. The van der Waals surface area contributed by atoms with E-state index in [0.717, 1.165) is 18.4 Å². The average molecular weight is 269 g/mol. The number of carbonyl (C=O) groups excluding carboxylic acids is 1. The number of amides is 1. The highest BCUT2D eigenvalue weighted by Gasteiger charge is 2.26. The van der Waals surface area contributed by atoms with Gasteiger partial charge in [0.05, 0.1) is 5.69 Å². The molecule has 0 saturated carbocycles. The Morgan fingerprint density at radius 3 is 2.70 bits per heavy atom. The molecule has 102 valence electrons. The van der Waals surface area contributed by atoms with E-state index in [-0.39, 0.29) is 5.75 Å². The fourth-order valence-corrected chi connectivity index (χ4v) is 2.46. The van der Waals surface area contributed by atoms with Crippen LogP contribution in [0.1, 0.15) is 12.0 Å². The van der Waals surface area contributed by atoms with Crippen LogP contribution >= 0.6 is 0 Å². The number of para-hydroxylation sites is 2. The van der Waals surface area contributed by atoms with Gasteiger partial charge in [-0.25, -0.2) is 4.79 Å². The molecule has 2 aromatic rings. The van der Waals surface area contributed by atoms with E-state index in [1.54, 1.807) is 24.3 Å². The Labute approximate surface area is 117 Å². The minimum Gasteiger partial charge on any atom is -0.506 e. The van der Waals surface area contributed by atoms with Crippen molar-refractivity contribution >= 4 is 11.8 Å². The van der Waals surface area contributed by atoms with E-state index in [9.17, 15) is 9.90 Å². The summed E-state index contributed by atoms with van der Waals surface area (Å²) >= 11 is 0. The van der Waals surface area contributed by atoms with Gasteiger partial charge in [0.2, 0.25) is 0 Å². The van der Waals surface area contributed by atoms with Crippen molar-refractivity contribution in [1.82, 2.24) is 0 Å². The predicted octanol–water partition coefficient (Wildman–Crippen LogP) is 3.34. The van der Waals surface area contributed by atoms with Gasteiger partial charge in [0, 0.05) is 6.54 Å². The minimum atomic E-state index is -0.460. The molecule has 3 rings (SSSR count). The zero-order chi connectivity index (χ0) is 13.9. The number of hydrogen-bond acceptors (Lipinski definition) is 3. The van der Waals surface area contributed by atoms with Crippen LogP contribution in [-0.4, -0.2) is 17.7 Å². The molecule has 4 heteroatoms. The number of benzene rings is 2. The zero-order valence-electron chi connectivity index (χ0n) is 11.0. The Hall–Kier alpha value is -2.49. The van der Waals surface area contributed by atoms with E-state index < -0.39 is 6.09 Å². The highest BCUT2D eigenvalue weighted by Crippen LogP contribution is 2.35. The third-order valence-electron chi connectivity index (χ3n) is 3.36. The third kappa shape index (κ3) is 2.32. The topological polar surface area (TPSA) is 49.8 Å². The van der Waals surface area contributed by atoms with Crippen molar-refractivity contribution < 1.29 is 14.6 Å². The van der Waals surface area contributed by atoms with Crippen molar-refractivity contribution in [2.75, 3.05) is 11.4 Å². The minimum absolute atomic E-state index is 0.118. The van der Waals surface area contributed by atoms with Gasteiger partial charge in [-0.2, -0.15) is 0 Å². The van der Waals surface area contributed by atoms with Crippen molar-refractivity contribution in [2.45, 2.75) is 12.8 Å². The van der Waals surface area contributed by atoms with Crippen LogP contribution in [0.15, 0.2) is 48.5 Å². The van der Waals surface area contributed by atoms with Crippen molar-refractivity contribution in [3.8, 4) is 11.5 Å². The average Bonchev–Trinajstić information content (AvgIpc) is 2.48. The molecule has 0 bridgehead atoms. The molecule has 1 aliphatic rings. The summed E-state index contributed by atoms with van der Waals surface area (Å²) < 4.78 is 5.34. The standard InChI is InChI=1S/C16H15NO3/c18-14-10-4-6-12-7-5-11-17(15(12)14)16(19)20-13-8-2-1-3-9-13/h1-4,6,8-10,18H,5,7,11H2. The van der Waals surface area contributed by atoms with Gasteiger partial charge in [0.1, 0.15) is 11.5 Å². The second-order valence-electron chi connectivity index (χ2n) is 4.72. The molecule has 0 radical (unpaired) electrons.